The number of thiophene rings is 1. The maximum absolute atomic E-state index is 12.0. The van der Waals surface area contributed by atoms with Gasteiger partial charge in [-0.2, -0.15) is 0 Å². The molecule has 0 saturated heterocycles. The van der Waals surface area contributed by atoms with Gasteiger partial charge in [-0.05, 0) is 29.9 Å². The fourth-order valence-electron chi connectivity index (χ4n) is 1.85. The normalized spacial score (nSPS) is 10.3. The zero-order valence-electron chi connectivity index (χ0n) is 10.5. The lowest BCUT2D eigenvalue weighted by Crippen LogP contribution is -2.27. The Kier molecular flexibility index (Phi) is 4.53. The average molecular weight is 259 g/mol. The molecule has 1 aromatic carbocycles. The fourth-order valence-corrected chi connectivity index (χ4v) is 2.57. The summed E-state index contributed by atoms with van der Waals surface area (Å²) in [6, 6.07) is 14.2. The minimum Gasteiger partial charge on any atom is -0.341 e. The van der Waals surface area contributed by atoms with Gasteiger partial charge < -0.3 is 4.90 Å². The molecule has 2 aromatic rings. The molecule has 0 aliphatic carbocycles. The molecule has 0 bridgehead atoms. The van der Waals surface area contributed by atoms with E-state index in [2.05, 4.69) is 24.3 Å². The second kappa shape index (κ2) is 6.36. The summed E-state index contributed by atoms with van der Waals surface area (Å²) in [7, 11) is 1.87. The maximum atomic E-state index is 12.0. The third kappa shape index (κ3) is 3.44. The lowest BCUT2D eigenvalue weighted by atomic mass is 10.1. The summed E-state index contributed by atoms with van der Waals surface area (Å²) in [5, 5.41) is 1.94. The number of carbonyl (C=O) groups excluding carboxylic acids is 1. The van der Waals surface area contributed by atoms with Crippen LogP contribution in [-0.4, -0.2) is 24.4 Å². The largest absolute Gasteiger partial charge is 0.341 e. The number of amides is 1. The summed E-state index contributed by atoms with van der Waals surface area (Å²) >= 11 is 1.50. The van der Waals surface area contributed by atoms with Gasteiger partial charge in [0.1, 0.15) is 0 Å². The van der Waals surface area contributed by atoms with Gasteiger partial charge in [0.05, 0.1) is 4.88 Å². The summed E-state index contributed by atoms with van der Waals surface area (Å²) in [4.78, 5) is 14.6. The molecule has 0 unspecified atom stereocenters. The number of nitrogens with zero attached hydrogens (tertiary/aromatic N) is 1. The second-order valence-electron chi connectivity index (χ2n) is 4.29. The molecule has 0 spiro atoms. The van der Waals surface area contributed by atoms with Crippen molar-refractivity contribution in [2.45, 2.75) is 12.8 Å². The van der Waals surface area contributed by atoms with E-state index in [4.69, 9.17) is 0 Å². The van der Waals surface area contributed by atoms with Crippen LogP contribution in [0.3, 0.4) is 0 Å². The Morgan fingerprint density at radius 2 is 1.94 bits per heavy atom. The Morgan fingerprint density at radius 1 is 1.17 bits per heavy atom. The highest BCUT2D eigenvalue weighted by Crippen LogP contribution is 2.11. The van der Waals surface area contributed by atoms with Gasteiger partial charge in [0, 0.05) is 13.6 Å². The van der Waals surface area contributed by atoms with E-state index in [0.717, 1.165) is 24.3 Å². The van der Waals surface area contributed by atoms with Crippen LogP contribution in [0.5, 0.6) is 0 Å². The highest BCUT2D eigenvalue weighted by atomic mass is 32.1. The van der Waals surface area contributed by atoms with Crippen LogP contribution in [0.15, 0.2) is 47.8 Å². The number of carbonyl (C=O) groups is 1. The van der Waals surface area contributed by atoms with Crippen molar-refractivity contribution in [2.24, 2.45) is 0 Å². The minimum absolute atomic E-state index is 0.123. The monoisotopic (exact) mass is 259 g/mol. The van der Waals surface area contributed by atoms with Crippen LogP contribution >= 0.6 is 11.3 Å². The van der Waals surface area contributed by atoms with Gasteiger partial charge in [0.15, 0.2) is 0 Å². The van der Waals surface area contributed by atoms with Crippen molar-refractivity contribution in [3.05, 3.63) is 58.3 Å². The van der Waals surface area contributed by atoms with Crippen molar-refractivity contribution in [3.8, 4) is 0 Å². The number of aryl methyl sites for hydroxylation is 1. The van der Waals surface area contributed by atoms with Crippen molar-refractivity contribution in [1.82, 2.24) is 4.90 Å². The van der Waals surface area contributed by atoms with E-state index in [9.17, 15) is 4.79 Å². The van der Waals surface area contributed by atoms with Crippen molar-refractivity contribution >= 4 is 17.2 Å². The van der Waals surface area contributed by atoms with Crippen LogP contribution < -0.4 is 0 Å². The molecule has 0 aliphatic rings. The summed E-state index contributed by atoms with van der Waals surface area (Å²) in [6.07, 6.45) is 2.01. The predicted molar refractivity (Wildman–Crippen MR) is 76.0 cm³/mol. The topological polar surface area (TPSA) is 20.3 Å². The van der Waals surface area contributed by atoms with Crippen LogP contribution in [-0.2, 0) is 6.42 Å². The molecule has 0 aliphatic heterocycles. The third-order valence-corrected chi connectivity index (χ3v) is 3.74. The van der Waals surface area contributed by atoms with E-state index < -0.39 is 0 Å². The van der Waals surface area contributed by atoms with Crippen LogP contribution in [0.1, 0.15) is 21.7 Å². The highest BCUT2D eigenvalue weighted by Gasteiger charge is 2.11. The van der Waals surface area contributed by atoms with Gasteiger partial charge >= 0.3 is 0 Å². The quantitative estimate of drug-likeness (QED) is 0.805. The van der Waals surface area contributed by atoms with E-state index in [-0.39, 0.29) is 5.91 Å². The molecule has 0 saturated carbocycles. The molecule has 94 valence electrons. The van der Waals surface area contributed by atoms with Gasteiger partial charge in [-0.15, -0.1) is 11.3 Å². The standard InChI is InChI=1S/C15H17NOS/c1-16(15(17)14-10-6-12-18-14)11-5-9-13-7-3-2-4-8-13/h2-4,6-8,10,12H,5,9,11H2,1H3. The summed E-state index contributed by atoms with van der Waals surface area (Å²) < 4.78 is 0. The lowest BCUT2D eigenvalue weighted by Gasteiger charge is -2.16. The number of benzene rings is 1. The van der Waals surface area contributed by atoms with E-state index in [1.54, 1.807) is 4.90 Å². The number of rotatable bonds is 5. The SMILES string of the molecule is CN(CCCc1ccccc1)C(=O)c1cccs1. The third-order valence-electron chi connectivity index (χ3n) is 2.88. The molecule has 0 atom stereocenters. The molecule has 3 heteroatoms. The maximum Gasteiger partial charge on any atom is 0.263 e. The van der Waals surface area contributed by atoms with Crippen molar-refractivity contribution < 1.29 is 4.79 Å². The number of hydrogen-bond donors (Lipinski definition) is 0. The van der Waals surface area contributed by atoms with Gasteiger partial charge in [-0.25, -0.2) is 0 Å². The molecule has 2 nitrogen and oxygen atoms in total. The zero-order valence-corrected chi connectivity index (χ0v) is 11.3. The summed E-state index contributed by atoms with van der Waals surface area (Å²) in [6.45, 7) is 0.797. The van der Waals surface area contributed by atoms with Gasteiger partial charge in [0.2, 0.25) is 0 Å². The summed E-state index contributed by atoms with van der Waals surface area (Å²) in [5.41, 5.74) is 1.33. The van der Waals surface area contributed by atoms with Gasteiger partial charge in [0.25, 0.3) is 5.91 Å². The molecule has 0 radical (unpaired) electrons. The van der Waals surface area contributed by atoms with Crippen LogP contribution in [0.25, 0.3) is 0 Å². The fraction of sp³-hybridized carbons (Fsp3) is 0.267. The molecule has 2 rings (SSSR count). The molecule has 18 heavy (non-hydrogen) atoms. The first-order valence-corrected chi connectivity index (χ1v) is 6.98. The van der Waals surface area contributed by atoms with Crippen molar-refractivity contribution in [3.63, 3.8) is 0 Å². The number of hydrogen-bond acceptors (Lipinski definition) is 2. The van der Waals surface area contributed by atoms with Crippen LogP contribution in [0.2, 0.25) is 0 Å². The first kappa shape index (κ1) is 12.8. The van der Waals surface area contributed by atoms with E-state index in [1.165, 1.54) is 16.9 Å². The lowest BCUT2D eigenvalue weighted by molar-refractivity contribution is 0.0798. The zero-order chi connectivity index (χ0) is 12.8. The molecular weight excluding hydrogens is 242 g/mol. The molecule has 0 N–H and O–H groups in total. The van der Waals surface area contributed by atoms with Crippen molar-refractivity contribution in [1.29, 1.82) is 0 Å². The van der Waals surface area contributed by atoms with Crippen molar-refractivity contribution in [2.75, 3.05) is 13.6 Å². The smallest absolute Gasteiger partial charge is 0.263 e. The predicted octanol–water partition coefficient (Wildman–Crippen LogP) is 3.45. The van der Waals surface area contributed by atoms with Crippen LogP contribution in [0, 0.1) is 0 Å². The molecule has 1 aromatic heterocycles. The Hall–Kier alpha value is -1.61. The van der Waals surface area contributed by atoms with Gasteiger partial charge in [-0.1, -0.05) is 36.4 Å². The van der Waals surface area contributed by atoms with Crippen LogP contribution in [0.4, 0.5) is 0 Å². The molecule has 1 heterocycles. The highest BCUT2D eigenvalue weighted by molar-refractivity contribution is 7.12. The Morgan fingerprint density at radius 3 is 2.61 bits per heavy atom. The first-order chi connectivity index (χ1) is 8.77. The average Bonchev–Trinajstić information content (AvgIpc) is 2.93. The molecular formula is C15H17NOS. The first-order valence-electron chi connectivity index (χ1n) is 6.10. The van der Waals surface area contributed by atoms with E-state index in [0.29, 0.717) is 0 Å². The molecule has 0 fully saturated rings. The molecule has 1 amide bonds. The van der Waals surface area contributed by atoms with E-state index in [1.807, 2.05) is 30.6 Å². The minimum atomic E-state index is 0.123. The summed E-state index contributed by atoms with van der Waals surface area (Å²) in [5.74, 6) is 0.123. The van der Waals surface area contributed by atoms with E-state index >= 15 is 0 Å². The Bertz CT molecular complexity index is 478. The van der Waals surface area contributed by atoms with Gasteiger partial charge in [-0.3, -0.25) is 4.79 Å². The Labute approximate surface area is 112 Å². The Balaban J connectivity index is 1.79. The second-order valence-corrected chi connectivity index (χ2v) is 5.24.